The highest BCUT2D eigenvalue weighted by atomic mass is 14.0. The molecule has 0 spiro atoms. The topological polar surface area (TPSA) is 0 Å². The van der Waals surface area contributed by atoms with Crippen LogP contribution in [-0.2, 0) is 0 Å². The van der Waals surface area contributed by atoms with Crippen LogP contribution in [0.1, 0.15) is 5.56 Å². The molecule has 0 bridgehead atoms. The van der Waals surface area contributed by atoms with Crippen molar-refractivity contribution in [2.24, 2.45) is 0 Å². The molecule has 0 atom stereocenters. The molecule has 0 N–H and O–H groups in total. The molecular weight excluding hydrogens is 156 g/mol. The largest absolute Gasteiger partial charge is 0.120 e. The number of rotatable bonds is 1. The molecule has 0 aromatic heterocycles. The Balaban J connectivity index is 2.42. The maximum Gasteiger partial charge on any atom is -0.0107 e. The van der Waals surface area contributed by atoms with Gasteiger partial charge in [0, 0.05) is 0 Å². The van der Waals surface area contributed by atoms with Crippen LogP contribution in [0, 0.1) is 0 Å². The second kappa shape index (κ2) is 3.75. The predicted molar refractivity (Wildman–Crippen MR) is 56.2 cm³/mol. The van der Waals surface area contributed by atoms with Gasteiger partial charge in [0.05, 0.1) is 0 Å². The zero-order valence-corrected chi connectivity index (χ0v) is 7.27. The van der Waals surface area contributed by atoms with Gasteiger partial charge in [0.2, 0.25) is 0 Å². The van der Waals surface area contributed by atoms with E-state index < -0.39 is 0 Å². The van der Waals surface area contributed by atoms with Crippen molar-refractivity contribution in [3.8, 4) is 0 Å². The molecule has 2 rings (SSSR count). The molecule has 1 aliphatic carbocycles. The van der Waals surface area contributed by atoms with Gasteiger partial charge in [-0.3, -0.25) is 0 Å². The van der Waals surface area contributed by atoms with Gasteiger partial charge in [-0.25, -0.2) is 0 Å². The molecular formula is C13H10. The van der Waals surface area contributed by atoms with Crippen molar-refractivity contribution in [2.45, 2.75) is 0 Å². The molecule has 0 radical (unpaired) electrons. The molecule has 62 valence electrons. The first-order valence-corrected chi connectivity index (χ1v) is 4.32. The van der Waals surface area contributed by atoms with E-state index in [-0.39, 0.29) is 0 Å². The van der Waals surface area contributed by atoms with Crippen molar-refractivity contribution in [1.29, 1.82) is 0 Å². The zero-order valence-electron chi connectivity index (χ0n) is 7.27. The molecule has 0 unspecified atom stereocenters. The molecule has 1 aromatic rings. The smallest absolute Gasteiger partial charge is 0.0107 e. The minimum Gasteiger partial charge on any atom is -0.120 e. The first-order chi connectivity index (χ1) is 6.47. The Kier molecular flexibility index (Phi) is 2.26. The summed E-state index contributed by atoms with van der Waals surface area (Å²) in [5.41, 5.74) is 5.52. The number of allylic oxidation sites excluding steroid dienone is 5. The van der Waals surface area contributed by atoms with E-state index >= 15 is 0 Å². The molecule has 0 fully saturated rings. The quantitative estimate of drug-likeness (QED) is 0.561. The van der Waals surface area contributed by atoms with Crippen molar-refractivity contribution in [3.63, 3.8) is 0 Å². The molecule has 0 nitrogen and oxygen atoms in total. The van der Waals surface area contributed by atoms with Gasteiger partial charge < -0.3 is 0 Å². The highest BCUT2D eigenvalue weighted by molar-refractivity contribution is 5.75. The van der Waals surface area contributed by atoms with E-state index in [0.717, 1.165) is 0 Å². The Hall–Kier alpha value is -1.78. The summed E-state index contributed by atoms with van der Waals surface area (Å²) in [6, 6.07) is 10.3. The van der Waals surface area contributed by atoms with Crippen LogP contribution in [0.25, 0.3) is 5.57 Å². The van der Waals surface area contributed by atoms with Gasteiger partial charge in [-0.05, 0) is 23.3 Å². The van der Waals surface area contributed by atoms with Crippen molar-refractivity contribution in [3.05, 3.63) is 72.0 Å². The van der Waals surface area contributed by atoms with Crippen LogP contribution >= 0.6 is 0 Å². The van der Waals surface area contributed by atoms with E-state index in [2.05, 4.69) is 23.9 Å². The average Bonchev–Trinajstić information content (AvgIpc) is 2.47. The summed E-state index contributed by atoms with van der Waals surface area (Å²) in [7, 11) is 0. The lowest BCUT2D eigenvalue weighted by molar-refractivity contribution is 1.62. The van der Waals surface area contributed by atoms with Gasteiger partial charge in [0.15, 0.2) is 0 Å². The molecule has 0 saturated heterocycles. The Morgan fingerprint density at radius 3 is 2.62 bits per heavy atom. The van der Waals surface area contributed by atoms with Gasteiger partial charge in [-0.1, -0.05) is 48.6 Å². The Bertz CT molecular complexity index is 399. The highest BCUT2D eigenvalue weighted by Gasteiger charge is 1.94. The minimum atomic E-state index is 1.20. The molecule has 1 aliphatic rings. The van der Waals surface area contributed by atoms with Gasteiger partial charge in [-0.15, -0.1) is 5.73 Å². The molecule has 0 saturated carbocycles. The van der Waals surface area contributed by atoms with Crippen LogP contribution in [0.5, 0.6) is 0 Å². The first-order valence-electron chi connectivity index (χ1n) is 4.32. The van der Waals surface area contributed by atoms with Crippen molar-refractivity contribution >= 4 is 5.57 Å². The standard InChI is InChI=1S/C13H10/c1-2-5-9-12(8-4-1)13-10-6-3-7-11-13/h1-4,6-11H. The van der Waals surface area contributed by atoms with Crippen molar-refractivity contribution < 1.29 is 0 Å². The Labute approximate surface area is 78.2 Å². The third-order valence-corrected chi connectivity index (χ3v) is 1.93. The number of benzene rings is 1. The summed E-state index contributed by atoms with van der Waals surface area (Å²) in [4.78, 5) is 0. The van der Waals surface area contributed by atoms with E-state index in [9.17, 15) is 0 Å². The van der Waals surface area contributed by atoms with E-state index in [0.29, 0.717) is 0 Å². The second-order valence-electron chi connectivity index (χ2n) is 2.85. The highest BCUT2D eigenvalue weighted by Crippen LogP contribution is 2.15. The van der Waals surface area contributed by atoms with E-state index in [1.165, 1.54) is 11.1 Å². The summed E-state index contributed by atoms with van der Waals surface area (Å²) >= 11 is 0. The van der Waals surface area contributed by atoms with Crippen molar-refractivity contribution in [1.82, 2.24) is 0 Å². The maximum atomic E-state index is 3.09. The van der Waals surface area contributed by atoms with Gasteiger partial charge >= 0.3 is 0 Å². The Morgan fingerprint density at radius 1 is 0.923 bits per heavy atom. The summed E-state index contributed by atoms with van der Waals surface area (Å²) in [6.45, 7) is 0. The monoisotopic (exact) mass is 166 g/mol. The maximum absolute atomic E-state index is 3.09. The van der Waals surface area contributed by atoms with Gasteiger partial charge in [0.25, 0.3) is 0 Å². The second-order valence-corrected chi connectivity index (χ2v) is 2.85. The van der Waals surface area contributed by atoms with Crippen LogP contribution in [0.2, 0.25) is 0 Å². The molecule has 0 heteroatoms. The number of hydrogen-bond acceptors (Lipinski definition) is 0. The fourth-order valence-electron chi connectivity index (χ4n) is 1.27. The summed E-state index contributed by atoms with van der Waals surface area (Å²) < 4.78 is 0. The predicted octanol–water partition coefficient (Wildman–Crippen LogP) is 3.35. The number of hydrogen-bond donors (Lipinski definition) is 0. The Morgan fingerprint density at radius 2 is 1.77 bits per heavy atom. The van der Waals surface area contributed by atoms with E-state index in [4.69, 9.17) is 0 Å². The first kappa shape index (κ1) is 7.85. The fraction of sp³-hybridized carbons (Fsp3) is 0. The SMILES string of the molecule is C1=CC=CC=C(c2ccccc2)C=1. The molecule has 1 aromatic carbocycles. The van der Waals surface area contributed by atoms with Crippen LogP contribution in [0.15, 0.2) is 66.4 Å². The van der Waals surface area contributed by atoms with Crippen LogP contribution in [0.3, 0.4) is 0 Å². The van der Waals surface area contributed by atoms with Crippen LogP contribution in [-0.4, -0.2) is 0 Å². The van der Waals surface area contributed by atoms with E-state index in [1.807, 2.05) is 42.5 Å². The van der Waals surface area contributed by atoms with Crippen molar-refractivity contribution in [2.75, 3.05) is 0 Å². The normalized spacial score (nSPS) is 14.0. The zero-order chi connectivity index (χ0) is 8.93. The molecule has 0 heterocycles. The van der Waals surface area contributed by atoms with Crippen LogP contribution in [0.4, 0.5) is 0 Å². The van der Waals surface area contributed by atoms with Crippen LogP contribution < -0.4 is 0 Å². The molecule has 0 aliphatic heterocycles. The third kappa shape index (κ3) is 1.87. The summed E-state index contributed by atoms with van der Waals surface area (Å²) in [5.74, 6) is 0. The van der Waals surface area contributed by atoms with E-state index in [1.54, 1.807) is 0 Å². The van der Waals surface area contributed by atoms with Gasteiger partial charge in [-0.2, -0.15) is 0 Å². The molecule has 13 heavy (non-hydrogen) atoms. The average molecular weight is 166 g/mol. The lowest BCUT2D eigenvalue weighted by Gasteiger charge is -1.98. The lowest BCUT2D eigenvalue weighted by Crippen LogP contribution is -1.77. The minimum absolute atomic E-state index is 1.20. The summed E-state index contributed by atoms with van der Waals surface area (Å²) in [6.07, 6.45) is 10.00. The molecule has 0 amide bonds. The fourth-order valence-corrected chi connectivity index (χ4v) is 1.27. The third-order valence-electron chi connectivity index (χ3n) is 1.93. The van der Waals surface area contributed by atoms with Gasteiger partial charge in [0.1, 0.15) is 0 Å². The lowest BCUT2D eigenvalue weighted by atomic mass is 10.1. The summed E-state index contributed by atoms with van der Waals surface area (Å²) in [5, 5.41) is 0.